The Balaban J connectivity index is 2.09. The van der Waals surface area contributed by atoms with Gasteiger partial charge in [-0.15, -0.1) is 0 Å². The van der Waals surface area contributed by atoms with Crippen molar-refractivity contribution in [1.82, 2.24) is 15.1 Å². The first-order chi connectivity index (χ1) is 7.18. The molecular formula is C11H19N3O. The average molecular weight is 209 g/mol. The first-order valence-corrected chi connectivity index (χ1v) is 5.60. The van der Waals surface area contributed by atoms with Crippen LogP contribution in [0.4, 0.5) is 0 Å². The van der Waals surface area contributed by atoms with Gasteiger partial charge in [0.15, 0.2) is 0 Å². The molecule has 4 heteroatoms. The minimum Gasteiger partial charge on any atom is -0.392 e. The minimum absolute atomic E-state index is 0.285. The van der Waals surface area contributed by atoms with Crippen molar-refractivity contribution in [2.45, 2.75) is 38.3 Å². The molecule has 0 saturated heterocycles. The molecule has 15 heavy (non-hydrogen) atoms. The van der Waals surface area contributed by atoms with Crippen LogP contribution in [0, 0.1) is 0 Å². The molecule has 0 radical (unpaired) electrons. The normalized spacial score (nSPS) is 22.5. The van der Waals surface area contributed by atoms with Gasteiger partial charge in [-0.3, -0.25) is 4.68 Å². The maximum atomic E-state index is 9.25. The van der Waals surface area contributed by atoms with Crippen LogP contribution in [0.15, 0.2) is 6.20 Å². The van der Waals surface area contributed by atoms with Gasteiger partial charge in [0, 0.05) is 30.9 Å². The van der Waals surface area contributed by atoms with Crippen LogP contribution in [0.5, 0.6) is 0 Å². The Morgan fingerprint density at radius 2 is 2.53 bits per heavy atom. The van der Waals surface area contributed by atoms with Crippen LogP contribution in [-0.2, 0) is 13.5 Å². The Morgan fingerprint density at radius 3 is 3.27 bits per heavy atom. The number of rotatable bonds is 3. The van der Waals surface area contributed by atoms with E-state index in [1.54, 1.807) is 6.92 Å². The second kappa shape index (κ2) is 4.33. The summed E-state index contributed by atoms with van der Waals surface area (Å²) in [6.07, 6.45) is 5.13. The van der Waals surface area contributed by atoms with E-state index in [9.17, 15) is 5.11 Å². The lowest BCUT2D eigenvalue weighted by Gasteiger charge is -2.24. The fraction of sp³-hybridized carbons (Fsp3) is 0.727. The molecule has 2 unspecified atom stereocenters. The third-order valence-electron chi connectivity index (χ3n) is 3.04. The van der Waals surface area contributed by atoms with Gasteiger partial charge in [0.05, 0.1) is 12.3 Å². The summed E-state index contributed by atoms with van der Waals surface area (Å²) in [7, 11) is 2.00. The average Bonchev–Trinajstić information content (AvgIpc) is 2.58. The molecule has 1 aliphatic carbocycles. The predicted octanol–water partition coefficient (Wildman–Crippen LogP) is 0.768. The van der Waals surface area contributed by atoms with Crippen molar-refractivity contribution in [2.24, 2.45) is 7.05 Å². The van der Waals surface area contributed by atoms with Crippen molar-refractivity contribution in [3.8, 4) is 0 Å². The Labute approximate surface area is 90.3 Å². The largest absolute Gasteiger partial charge is 0.392 e. The molecule has 2 atom stereocenters. The SMILES string of the molecule is CC(O)CNC1CCCc2c1cnn2C. The van der Waals surface area contributed by atoms with Gasteiger partial charge >= 0.3 is 0 Å². The zero-order valence-electron chi connectivity index (χ0n) is 9.40. The topological polar surface area (TPSA) is 50.1 Å². The lowest BCUT2D eigenvalue weighted by Crippen LogP contribution is -2.30. The molecule has 0 spiro atoms. The highest BCUT2D eigenvalue weighted by molar-refractivity contribution is 5.24. The maximum Gasteiger partial charge on any atom is 0.0636 e. The number of hydrogen-bond acceptors (Lipinski definition) is 3. The van der Waals surface area contributed by atoms with Crippen LogP contribution in [-0.4, -0.2) is 27.5 Å². The van der Waals surface area contributed by atoms with E-state index in [1.807, 2.05) is 17.9 Å². The summed E-state index contributed by atoms with van der Waals surface area (Å²) in [4.78, 5) is 0. The molecule has 0 aliphatic heterocycles. The zero-order chi connectivity index (χ0) is 10.8. The second-order valence-electron chi connectivity index (χ2n) is 4.37. The minimum atomic E-state index is -0.285. The summed E-state index contributed by atoms with van der Waals surface area (Å²) in [5, 5.41) is 16.9. The van der Waals surface area contributed by atoms with Crippen LogP contribution >= 0.6 is 0 Å². The van der Waals surface area contributed by atoms with Crippen molar-refractivity contribution in [2.75, 3.05) is 6.54 Å². The molecule has 1 heterocycles. The molecule has 0 amide bonds. The summed E-state index contributed by atoms with van der Waals surface area (Å²) >= 11 is 0. The summed E-state index contributed by atoms with van der Waals surface area (Å²) in [6, 6.07) is 0.372. The van der Waals surface area contributed by atoms with E-state index in [0.717, 1.165) is 12.8 Å². The van der Waals surface area contributed by atoms with Gasteiger partial charge in [-0.1, -0.05) is 0 Å². The van der Waals surface area contributed by atoms with E-state index < -0.39 is 0 Å². The quantitative estimate of drug-likeness (QED) is 0.773. The zero-order valence-corrected chi connectivity index (χ0v) is 9.40. The number of nitrogens with one attached hydrogen (secondary N) is 1. The molecule has 2 rings (SSSR count). The number of nitrogens with zero attached hydrogens (tertiary/aromatic N) is 2. The van der Waals surface area contributed by atoms with Crippen molar-refractivity contribution >= 4 is 0 Å². The van der Waals surface area contributed by atoms with E-state index in [1.165, 1.54) is 17.7 Å². The van der Waals surface area contributed by atoms with E-state index in [4.69, 9.17) is 0 Å². The number of aliphatic hydroxyl groups is 1. The van der Waals surface area contributed by atoms with Crippen molar-refractivity contribution < 1.29 is 5.11 Å². The first-order valence-electron chi connectivity index (χ1n) is 5.60. The van der Waals surface area contributed by atoms with Crippen LogP contribution < -0.4 is 5.32 Å². The van der Waals surface area contributed by atoms with Crippen molar-refractivity contribution in [1.29, 1.82) is 0 Å². The third-order valence-corrected chi connectivity index (χ3v) is 3.04. The van der Waals surface area contributed by atoms with Crippen LogP contribution in [0.1, 0.15) is 37.1 Å². The number of fused-ring (bicyclic) bond motifs is 1. The lowest BCUT2D eigenvalue weighted by molar-refractivity contribution is 0.184. The number of aryl methyl sites for hydroxylation is 1. The molecule has 4 nitrogen and oxygen atoms in total. The van der Waals surface area contributed by atoms with Gasteiger partial charge in [0.25, 0.3) is 0 Å². The highest BCUT2D eigenvalue weighted by Gasteiger charge is 2.22. The van der Waals surface area contributed by atoms with Crippen LogP contribution in [0.25, 0.3) is 0 Å². The molecule has 0 aromatic carbocycles. The molecule has 1 aromatic rings. The molecule has 0 saturated carbocycles. The van der Waals surface area contributed by atoms with Gasteiger partial charge in [0.1, 0.15) is 0 Å². The smallest absolute Gasteiger partial charge is 0.0636 e. The fourth-order valence-corrected chi connectivity index (χ4v) is 2.23. The van der Waals surface area contributed by atoms with Gasteiger partial charge in [0.2, 0.25) is 0 Å². The Morgan fingerprint density at radius 1 is 1.73 bits per heavy atom. The number of aliphatic hydroxyl groups excluding tert-OH is 1. The maximum absolute atomic E-state index is 9.25. The Kier molecular flexibility index (Phi) is 3.07. The Bertz CT molecular complexity index is 333. The Hall–Kier alpha value is -0.870. The van der Waals surface area contributed by atoms with E-state index in [0.29, 0.717) is 12.6 Å². The van der Waals surface area contributed by atoms with E-state index in [2.05, 4.69) is 10.4 Å². The third kappa shape index (κ3) is 2.21. The fourth-order valence-electron chi connectivity index (χ4n) is 2.23. The monoisotopic (exact) mass is 209 g/mol. The summed E-state index contributed by atoms with van der Waals surface area (Å²) in [6.45, 7) is 2.46. The van der Waals surface area contributed by atoms with Gasteiger partial charge < -0.3 is 10.4 Å². The summed E-state index contributed by atoms with van der Waals surface area (Å²) in [5.41, 5.74) is 2.65. The summed E-state index contributed by atoms with van der Waals surface area (Å²) < 4.78 is 1.96. The van der Waals surface area contributed by atoms with Crippen LogP contribution in [0.3, 0.4) is 0 Å². The molecular weight excluding hydrogens is 190 g/mol. The molecule has 84 valence electrons. The van der Waals surface area contributed by atoms with Gasteiger partial charge in [-0.25, -0.2) is 0 Å². The van der Waals surface area contributed by atoms with E-state index >= 15 is 0 Å². The van der Waals surface area contributed by atoms with Crippen molar-refractivity contribution in [3.63, 3.8) is 0 Å². The highest BCUT2D eigenvalue weighted by Crippen LogP contribution is 2.28. The summed E-state index contributed by atoms with van der Waals surface area (Å²) in [5.74, 6) is 0. The van der Waals surface area contributed by atoms with E-state index in [-0.39, 0.29) is 6.10 Å². The molecule has 1 aliphatic rings. The van der Waals surface area contributed by atoms with Gasteiger partial charge in [-0.2, -0.15) is 5.10 Å². The molecule has 1 aromatic heterocycles. The van der Waals surface area contributed by atoms with Crippen molar-refractivity contribution in [3.05, 3.63) is 17.5 Å². The predicted molar refractivity (Wildman–Crippen MR) is 58.6 cm³/mol. The molecule has 2 N–H and O–H groups in total. The molecule has 0 fully saturated rings. The second-order valence-corrected chi connectivity index (χ2v) is 4.37. The number of aromatic nitrogens is 2. The van der Waals surface area contributed by atoms with Crippen LogP contribution in [0.2, 0.25) is 0 Å². The lowest BCUT2D eigenvalue weighted by atomic mass is 9.93. The number of hydrogen-bond donors (Lipinski definition) is 2. The first kappa shape index (κ1) is 10.6. The van der Waals surface area contributed by atoms with Gasteiger partial charge in [-0.05, 0) is 26.2 Å². The standard InChI is InChI=1S/C11H19N3O/c1-8(15)6-12-10-4-3-5-11-9(10)7-13-14(11)2/h7-8,10,12,15H,3-6H2,1-2H3. The molecule has 0 bridgehead atoms. The highest BCUT2D eigenvalue weighted by atomic mass is 16.3.